The number of carbonyl (C=O) groups is 2. The first-order valence-corrected chi connectivity index (χ1v) is 13.0. The van der Waals surface area contributed by atoms with Crippen molar-refractivity contribution < 1.29 is 9.59 Å². The van der Waals surface area contributed by atoms with Crippen LogP contribution in [0.15, 0.2) is 84.0 Å². The monoisotopic (exact) mass is 473 g/mol. The van der Waals surface area contributed by atoms with Gasteiger partial charge < -0.3 is 10.2 Å². The summed E-state index contributed by atoms with van der Waals surface area (Å²) in [7, 11) is 0. The molecule has 0 radical (unpaired) electrons. The van der Waals surface area contributed by atoms with Gasteiger partial charge in [0.1, 0.15) is 5.03 Å². The van der Waals surface area contributed by atoms with Crippen LogP contribution < -0.4 is 5.32 Å². The van der Waals surface area contributed by atoms with E-state index >= 15 is 0 Å². The molecule has 2 aromatic carbocycles. The molecule has 1 aliphatic heterocycles. The van der Waals surface area contributed by atoms with Crippen molar-refractivity contribution in [2.24, 2.45) is 5.92 Å². The highest BCUT2D eigenvalue weighted by atomic mass is 32.2. The van der Waals surface area contributed by atoms with Crippen LogP contribution in [0.4, 0.5) is 0 Å². The first kappa shape index (κ1) is 24.0. The van der Waals surface area contributed by atoms with Crippen LogP contribution in [0.5, 0.6) is 0 Å². The maximum atomic E-state index is 12.9. The molecule has 1 aliphatic rings. The number of hydrogen-bond acceptors (Lipinski definition) is 4. The number of rotatable bonds is 8. The molecule has 0 atom stereocenters. The molecule has 2 amide bonds. The zero-order valence-corrected chi connectivity index (χ0v) is 20.3. The van der Waals surface area contributed by atoms with Gasteiger partial charge in [0.2, 0.25) is 5.91 Å². The number of piperidine rings is 1. The van der Waals surface area contributed by atoms with E-state index in [1.165, 1.54) is 11.8 Å². The van der Waals surface area contributed by atoms with Crippen LogP contribution in [-0.4, -0.2) is 47.6 Å². The predicted molar refractivity (Wildman–Crippen MR) is 137 cm³/mol. The van der Waals surface area contributed by atoms with Crippen LogP contribution in [0.2, 0.25) is 0 Å². The molecule has 176 valence electrons. The molecule has 1 aromatic heterocycles. The van der Waals surface area contributed by atoms with Crippen molar-refractivity contribution in [3.63, 3.8) is 0 Å². The number of aromatic nitrogens is 1. The molecular weight excluding hydrogens is 442 g/mol. The van der Waals surface area contributed by atoms with Gasteiger partial charge in [0.25, 0.3) is 5.91 Å². The Kier molecular flexibility index (Phi) is 8.36. The maximum absolute atomic E-state index is 12.9. The summed E-state index contributed by atoms with van der Waals surface area (Å²) < 4.78 is 0. The molecule has 1 N–H and O–H groups in total. The lowest BCUT2D eigenvalue weighted by molar-refractivity contribution is -0.121. The molecule has 1 saturated heterocycles. The first-order valence-electron chi connectivity index (χ1n) is 11.8. The third-order valence-corrected chi connectivity index (χ3v) is 7.19. The Morgan fingerprint density at radius 3 is 2.18 bits per heavy atom. The van der Waals surface area contributed by atoms with Crippen LogP contribution in [-0.2, 0) is 4.79 Å². The molecule has 2 heterocycles. The molecule has 0 bridgehead atoms. The van der Waals surface area contributed by atoms with Gasteiger partial charge in [0, 0.05) is 38.2 Å². The Morgan fingerprint density at radius 1 is 0.971 bits per heavy atom. The number of likely N-dealkylation sites (tertiary alicyclic amines) is 1. The fraction of sp³-hybridized carbons (Fsp3) is 0.321. The summed E-state index contributed by atoms with van der Waals surface area (Å²) in [4.78, 5) is 32.1. The van der Waals surface area contributed by atoms with E-state index in [0.717, 1.165) is 29.0 Å². The Balaban J connectivity index is 1.29. The first-order chi connectivity index (χ1) is 16.7. The van der Waals surface area contributed by atoms with Crippen molar-refractivity contribution in [2.45, 2.75) is 30.2 Å². The van der Waals surface area contributed by atoms with Crippen molar-refractivity contribution in [2.75, 3.05) is 25.9 Å². The van der Waals surface area contributed by atoms with E-state index in [0.29, 0.717) is 37.5 Å². The number of nitrogens with zero attached hydrogens (tertiary/aromatic N) is 2. The summed E-state index contributed by atoms with van der Waals surface area (Å²) in [6.07, 6.45) is 5.86. The standard InChI is InChI=1S/C28H31N3O2S/c1-34-27-24(13-8-16-29-27)28(33)31-17-14-21(15-18-31)20-30-26(32)19-25(22-9-4-2-5-10-22)23-11-6-3-7-12-23/h2-13,16,21,25H,14-15,17-20H2,1H3,(H,30,32). The van der Waals surface area contributed by atoms with Crippen LogP contribution in [0.1, 0.15) is 46.7 Å². The van der Waals surface area contributed by atoms with E-state index in [9.17, 15) is 9.59 Å². The normalized spacial score (nSPS) is 14.2. The third kappa shape index (κ3) is 6.06. The average molecular weight is 474 g/mol. The van der Waals surface area contributed by atoms with E-state index < -0.39 is 0 Å². The van der Waals surface area contributed by atoms with Crippen molar-refractivity contribution in [1.82, 2.24) is 15.2 Å². The van der Waals surface area contributed by atoms with Crippen molar-refractivity contribution >= 4 is 23.6 Å². The topological polar surface area (TPSA) is 62.3 Å². The minimum atomic E-state index is 0.0342. The number of hydrogen-bond donors (Lipinski definition) is 1. The molecule has 5 nitrogen and oxygen atoms in total. The highest BCUT2D eigenvalue weighted by molar-refractivity contribution is 7.98. The summed E-state index contributed by atoms with van der Waals surface area (Å²) in [5.74, 6) is 0.533. The zero-order valence-electron chi connectivity index (χ0n) is 19.5. The van der Waals surface area contributed by atoms with Crippen molar-refractivity contribution in [3.05, 3.63) is 95.7 Å². The molecule has 4 rings (SSSR count). The molecule has 0 aliphatic carbocycles. The number of carbonyl (C=O) groups excluding carboxylic acids is 2. The highest BCUT2D eigenvalue weighted by Gasteiger charge is 2.26. The van der Waals surface area contributed by atoms with Gasteiger partial charge in [0.05, 0.1) is 5.56 Å². The minimum absolute atomic E-state index is 0.0342. The number of pyridine rings is 1. The molecule has 3 aromatic rings. The van der Waals surface area contributed by atoms with Gasteiger partial charge in [-0.1, -0.05) is 60.7 Å². The maximum Gasteiger partial charge on any atom is 0.256 e. The van der Waals surface area contributed by atoms with E-state index in [1.807, 2.05) is 59.7 Å². The Labute approximate surface area is 206 Å². The summed E-state index contributed by atoms with van der Waals surface area (Å²) >= 11 is 1.49. The van der Waals surface area contributed by atoms with Crippen LogP contribution in [0, 0.1) is 5.92 Å². The minimum Gasteiger partial charge on any atom is -0.356 e. The molecule has 34 heavy (non-hydrogen) atoms. The number of thioether (sulfide) groups is 1. The lowest BCUT2D eigenvalue weighted by Crippen LogP contribution is -2.41. The summed E-state index contributed by atoms with van der Waals surface area (Å²) in [6.45, 7) is 2.07. The third-order valence-electron chi connectivity index (χ3n) is 6.48. The van der Waals surface area contributed by atoms with Crippen LogP contribution in [0.25, 0.3) is 0 Å². The van der Waals surface area contributed by atoms with Crippen LogP contribution >= 0.6 is 11.8 Å². The van der Waals surface area contributed by atoms with Crippen LogP contribution in [0.3, 0.4) is 0 Å². The van der Waals surface area contributed by atoms with Crippen molar-refractivity contribution in [3.8, 4) is 0 Å². The molecule has 0 saturated carbocycles. The number of benzene rings is 2. The summed E-state index contributed by atoms with van der Waals surface area (Å²) in [5.41, 5.74) is 2.97. The number of amides is 2. The summed E-state index contributed by atoms with van der Waals surface area (Å²) in [5, 5.41) is 3.93. The SMILES string of the molecule is CSc1ncccc1C(=O)N1CCC(CNC(=O)CC(c2ccccc2)c2ccccc2)CC1. The van der Waals surface area contributed by atoms with E-state index in [-0.39, 0.29) is 17.7 Å². The van der Waals surface area contributed by atoms with Gasteiger partial charge >= 0.3 is 0 Å². The van der Waals surface area contributed by atoms with E-state index in [1.54, 1.807) is 6.20 Å². The fourth-order valence-corrected chi connectivity index (χ4v) is 5.08. The lowest BCUT2D eigenvalue weighted by atomic mass is 9.88. The average Bonchev–Trinajstić information content (AvgIpc) is 2.91. The molecule has 1 fully saturated rings. The number of nitrogens with one attached hydrogen (secondary N) is 1. The van der Waals surface area contributed by atoms with E-state index in [2.05, 4.69) is 34.6 Å². The zero-order chi connectivity index (χ0) is 23.8. The second-order valence-corrected chi connectivity index (χ2v) is 9.47. The summed E-state index contributed by atoms with van der Waals surface area (Å²) in [6, 6.07) is 24.1. The lowest BCUT2D eigenvalue weighted by Gasteiger charge is -2.32. The molecule has 0 unspecified atom stereocenters. The smallest absolute Gasteiger partial charge is 0.256 e. The molecular formula is C28H31N3O2S. The molecule has 0 spiro atoms. The van der Waals surface area contributed by atoms with Gasteiger partial charge in [-0.3, -0.25) is 9.59 Å². The Bertz CT molecular complexity index is 1040. The quantitative estimate of drug-likeness (QED) is 0.468. The largest absolute Gasteiger partial charge is 0.356 e. The Morgan fingerprint density at radius 2 is 1.59 bits per heavy atom. The Hall–Kier alpha value is -3.12. The van der Waals surface area contributed by atoms with Crippen molar-refractivity contribution in [1.29, 1.82) is 0 Å². The molecule has 6 heteroatoms. The van der Waals surface area contributed by atoms with Gasteiger partial charge in [-0.05, 0) is 48.3 Å². The van der Waals surface area contributed by atoms with Gasteiger partial charge in [-0.25, -0.2) is 4.98 Å². The van der Waals surface area contributed by atoms with Gasteiger partial charge in [-0.2, -0.15) is 0 Å². The second kappa shape index (κ2) is 11.8. The predicted octanol–water partition coefficient (Wildman–Crippen LogP) is 4.99. The van der Waals surface area contributed by atoms with Gasteiger partial charge in [0.15, 0.2) is 0 Å². The fourth-order valence-electron chi connectivity index (χ4n) is 4.54. The highest BCUT2D eigenvalue weighted by Crippen LogP contribution is 2.28. The van der Waals surface area contributed by atoms with E-state index in [4.69, 9.17) is 0 Å². The van der Waals surface area contributed by atoms with Gasteiger partial charge in [-0.15, -0.1) is 11.8 Å². The second-order valence-electron chi connectivity index (χ2n) is 8.68.